The Morgan fingerprint density at radius 2 is 1.68 bits per heavy atom. The van der Waals surface area contributed by atoms with Gasteiger partial charge in [0.15, 0.2) is 0 Å². The van der Waals surface area contributed by atoms with Crippen molar-refractivity contribution in [3.63, 3.8) is 0 Å². The van der Waals surface area contributed by atoms with Gasteiger partial charge in [-0.05, 0) is 85.9 Å². The molecule has 4 fully saturated rings. The minimum atomic E-state index is -0.325. The van der Waals surface area contributed by atoms with E-state index in [0.29, 0.717) is 35.4 Å². The van der Waals surface area contributed by atoms with Crippen molar-refractivity contribution in [3.05, 3.63) is 12.2 Å². The number of allylic oxidation sites excluding steroid dienone is 1. The number of fused-ring (bicyclic) bond motifs is 5. The summed E-state index contributed by atoms with van der Waals surface area (Å²) >= 11 is 0. The van der Waals surface area contributed by atoms with Gasteiger partial charge < -0.3 is 5.11 Å². The van der Waals surface area contributed by atoms with Crippen molar-refractivity contribution >= 4 is 5.78 Å². The molecule has 4 rings (SSSR count). The number of rotatable bonds is 1. The summed E-state index contributed by atoms with van der Waals surface area (Å²) in [5.74, 6) is 3.05. The summed E-state index contributed by atoms with van der Waals surface area (Å²) in [4.78, 5) is 12.9. The van der Waals surface area contributed by atoms with Gasteiger partial charge >= 0.3 is 0 Å². The molecule has 10 atom stereocenters. The van der Waals surface area contributed by atoms with Gasteiger partial charge in [0.05, 0.1) is 6.10 Å². The van der Waals surface area contributed by atoms with Gasteiger partial charge in [0.1, 0.15) is 5.78 Å². The van der Waals surface area contributed by atoms with Gasteiger partial charge in [-0.15, -0.1) is 0 Å². The molecule has 4 aliphatic rings. The van der Waals surface area contributed by atoms with Crippen LogP contribution in [0.25, 0.3) is 0 Å². The number of carbonyl (C=O) groups excluding carboxylic acids is 1. The van der Waals surface area contributed by atoms with E-state index in [0.717, 1.165) is 32.1 Å². The predicted molar refractivity (Wildman–Crippen MR) is 115 cm³/mol. The molecule has 0 aromatic carbocycles. The molecule has 0 aromatic heterocycles. The van der Waals surface area contributed by atoms with Crippen molar-refractivity contribution in [3.8, 4) is 0 Å². The first-order chi connectivity index (χ1) is 12.8. The monoisotopic (exact) mass is 386 g/mol. The summed E-state index contributed by atoms with van der Waals surface area (Å²) in [6.45, 7) is 20.3. The maximum Gasteiger partial charge on any atom is 0.136 e. The Labute approximate surface area is 172 Å². The molecule has 0 radical (unpaired) electrons. The zero-order valence-electron chi connectivity index (χ0n) is 19.3. The summed E-state index contributed by atoms with van der Waals surface area (Å²) in [5, 5.41) is 11.8. The van der Waals surface area contributed by atoms with E-state index < -0.39 is 0 Å². The molecule has 0 amide bonds. The normalized spacial score (nSPS) is 58.6. The topological polar surface area (TPSA) is 37.3 Å². The Hall–Kier alpha value is -0.630. The smallest absolute Gasteiger partial charge is 0.136 e. The highest BCUT2D eigenvalue weighted by Gasteiger charge is 2.73. The maximum absolute atomic E-state index is 12.9. The van der Waals surface area contributed by atoms with Gasteiger partial charge in [-0.2, -0.15) is 0 Å². The molecule has 0 bridgehead atoms. The molecule has 0 aliphatic heterocycles. The summed E-state index contributed by atoms with van der Waals surface area (Å²) < 4.78 is 0. The third kappa shape index (κ3) is 2.12. The second kappa shape index (κ2) is 5.96. The lowest BCUT2D eigenvalue weighted by atomic mass is 9.35. The second-order valence-corrected chi connectivity index (χ2v) is 12.2. The van der Waals surface area contributed by atoms with Crippen LogP contribution in [0.15, 0.2) is 12.2 Å². The van der Waals surface area contributed by atoms with Crippen LogP contribution in [0.1, 0.15) is 87.0 Å². The first kappa shape index (κ1) is 20.6. The molecule has 0 aromatic rings. The minimum absolute atomic E-state index is 0.0587. The Balaban J connectivity index is 1.83. The van der Waals surface area contributed by atoms with Crippen LogP contribution in [0.4, 0.5) is 0 Å². The summed E-state index contributed by atoms with van der Waals surface area (Å²) in [6.07, 6.45) is 6.20. The Kier molecular flexibility index (Phi) is 4.39. The van der Waals surface area contributed by atoms with Crippen LogP contribution in [-0.2, 0) is 4.79 Å². The average molecular weight is 387 g/mol. The lowest BCUT2D eigenvalue weighted by molar-refractivity contribution is -0.243. The number of carbonyl (C=O) groups is 1. The SMILES string of the molecule is C=C1CCC2(C)C(C1)C(C)CC1C3CC(C)C(C)(C(C)=O)C3(C)CC(O)C12C. The minimum Gasteiger partial charge on any atom is -0.393 e. The van der Waals surface area contributed by atoms with E-state index in [1.54, 1.807) is 6.92 Å². The third-order valence-electron chi connectivity index (χ3n) is 11.8. The standard InChI is InChI=1S/C26H42O2/c1-15-9-10-23(5)19(11-15)16(2)12-21-20-13-17(3)25(7,18(4)27)24(20,6)14-22(28)26(21,23)8/h16-17,19-22,28H,1,9-14H2,2-8H3. The first-order valence-corrected chi connectivity index (χ1v) is 11.7. The predicted octanol–water partition coefficient (Wildman–Crippen LogP) is 6.03. The number of Topliss-reactive ketones (excluding diaryl/α,β-unsaturated/α-hetero) is 1. The molecule has 158 valence electrons. The van der Waals surface area contributed by atoms with E-state index >= 15 is 0 Å². The summed E-state index contributed by atoms with van der Waals surface area (Å²) in [7, 11) is 0. The Bertz CT molecular complexity index is 711. The van der Waals surface area contributed by atoms with E-state index in [1.807, 2.05) is 0 Å². The molecule has 1 N–H and O–H groups in total. The lowest BCUT2D eigenvalue weighted by Gasteiger charge is -2.70. The fourth-order valence-corrected chi connectivity index (χ4v) is 9.36. The first-order valence-electron chi connectivity index (χ1n) is 11.7. The molecule has 0 heterocycles. The van der Waals surface area contributed by atoms with Crippen LogP contribution in [0, 0.1) is 51.2 Å². The van der Waals surface area contributed by atoms with Gasteiger partial charge in [-0.1, -0.05) is 53.7 Å². The van der Waals surface area contributed by atoms with Crippen LogP contribution in [0.2, 0.25) is 0 Å². The van der Waals surface area contributed by atoms with Gasteiger partial charge in [-0.25, -0.2) is 0 Å². The highest BCUT2D eigenvalue weighted by Crippen LogP contribution is 2.76. The maximum atomic E-state index is 12.9. The molecule has 0 saturated heterocycles. The number of aliphatic hydroxyl groups excluding tert-OH is 1. The van der Waals surface area contributed by atoms with Crippen molar-refractivity contribution in [1.82, 2.24) is 0 Å². The van der Waals surface area contributed by atoms with Crippen molar-refractivity contribution in [2.75, 3.05) is 0 Å². The van der Waals surface area contributed by atoms with Gasteiger partial charge in [0.25, 0.3) is 0 Å². The van der Waals surface area contributed by atoms with E-state index in [1.165, 1.54) is 12.0 Å². The van der Waals surface area contributed by atoms with E-state index in [9.17, 15) is 9.90 Å². The fraction of sp³-hybridized carbons (Fsp3) is 0.885. The van der Waals surface area contributed by atoms with Crippen LogP contribution in [-0.4, -0.2) is 17.0 Å². The number of ketones is 1. The highest BCUT2D eigenvalue weighted by molar-refractivity contribution is 5.84. The zero-order chi connectivity index (χ0) is 20.9. The number of aliphatic hydroxyl groups is 1. The quantitative estimate of drug-likeness (QED) is 0.558. The Morgan fingerprint density at radius 3 is 2.29 bits per heavy atom. The molecule has 4 saturated carbocycles. The van der Waals surface area contributed by atoms with Gasteiger partial charge in [0, 0.05) is 10.8 Å². The fourth-order valence-electron chi connectivity index (χ4n) is 9.36. The Morgan fingerprint density at radius 1 is 1.04 bits per heavy atom. The molecule has 4 aliphatic carbocycles. The largest absolute Gasteiger partial charge is 0.393 e. The molecular formula is C26H42O2. The van der Waals surface area contributed by atoms with Crippen molar-refractivity contribution < 1.29 is 9.90 Å². The summed E-state index contributed by atoms with van der Waals surface area (Å²) in [6, 6.07) is 0. The van der Waals surface area contributed by atoms with Gasteiger partial charge in [-0.3, -0.25) is 4.79 Å². The van der Waals surface area contributed by atoms with E-state index in [4.69, 9.17) is 0 Å². The van der Waals surface area contributed by atoms with Crippen LogP contribution >= 0.6 is 0 Å². The zero-order valence-corrected chi connectivity index (χ0v) is 19.3. The third-order valence-corrected chi connectivity index (χ3v) is 11.8. The lowest BCUT2D eigenvalue weighted by Crippen LogP contribution is -2.67. The van der Waals surface area contributed by atoms with Crippen LogP contribution < -0.4 is 0 Å². The summed E-state index contributed by atoms with van der Waals surface area (Å²) in [5.41, 5.74) is 1.10. The molecule has 28 heavy (non-hydrogen) atoms. The number of hydrogen-bond acceptors (Lipinski definition) is 2. The van der Waals surface area contributed by atoms with Crippen molar-refractivity contribution in [2.24, 2.45) is 51.2 Å². The van der Waals surface area contributed by atoms with Crippen molar-refractivity contribution in [2.45, 2.75) is 93.1 Å². The highest BCUT2D eigenvalue weighted by atomic mass is 16.3. The molecule has 10 unspecified atom stereocenters. The van der Waals surface area contributed by atoms with E-state index in [2.05, 4.69) is 48.1 Å². The van der Waals surface area contributed by atoms with Crippen LogP contribution in [0.5, 0.6) is 0 Å². The molecule has 2 nitrogen and oxygen atoms in total. The van der Waals surface area contributed by atoms with Crippen molar-refractivity contribution in [1.29, 1.82) is 0 Å². The molecular weight excluding hydrogens is 344 g/mol. The second-order valence-electron chi connectivity index (χ2n) is 12.2. The average Bonchev–Trinajstić information content (AvgIpc) is 2.81. The van der Waals surface area contributed by atoms with Gasteiger partial charge in [0.2, 0.25) is 0 Å². The van der Waals surface area contributed by atoms with Crippen LogP contribution in [0.3, 0.4) is 0 Å². The van der Waals surface area contributed by atoms with E-state index in [-0.39, 0.29) is 27.8 Å². The number of hydrogen-bond donors (Lipinski definition) is 1. The molecule has 2 heteroatoms. The molecule has 0 spiro atoms.